The van der Waals surface area contributed by atoms with Crippen molar-refractivity contribution in [1.29, 1.82) is 0 Å². The lowest BCUT2D eigenvalue weighted by Crippen LogP contribution is -2.40. The second kappa shape index (κ2) is 7.93. The van der Waals surface area contributed by atoms with Crippen molar-refractivity contribution in [2.75, 3.05) is 26.3 Å². The fourth-order valence-corrected chi connectivity index (χ4v) is 4.31. The molecule has 0 atom stereocenters. The van der Waals surface area contributed by atoms with E-state index in [9.17, 15) is 14.0 Å². The molecule has 2 heterocycles. The van der Waals surface area contributed by atoms with E-state index in [0.717, 1.165) is 16.3 Å². The van der Waals surface area contributed by atoms with E-state index >= 15 is 0 Å². The molecule has 0 unspecified atom stereocenters. The molecule has 162 valence electrons. The third-order valence-corrected chi connectivity index (χ3v) is 6.06. The molecule has 0 radical (unpaired) electrons. The fraction of sp³-hybridized carbons (Fsp3) is 0.167. The van der Waals surface area contributed by atoms with Gasteiger partial charge in [-0.3, -0.25) is 9.59 Å². The number of aromatic nitrogens is 1. The molecule has 3 N–H and O–H groups in total. The third-order valence-electron chi connectivity index (χ3n) is 5.77. The van der Waals surface area contributed by atoms with E-state index in [0.29, 0.717) is 54.1 Å². The van der Waals surface area contributed by atoms with E-state index in [4.69, 9.17) is 22.1 Å². The minimum atomic E-state index is -0.596. The van der Waals surface area contributed by atoms with Crippen LogP contribution in [-0.2, 0) is 4.74 Å². The summed E-state index contributed by atoms with van der Waals surface area (Å²) in [5.74, 6) is -1.18. The predicted octanol–water partition coefficient (Wildman–Crippen LogP) is 4.35. The summed E-state index contributed by atoms with van der Waals surface area (Å²) >= 11 is 5.95. The smallest absolute Gasteiger partial charge is 0.254 e. The average molecular weight is 452 g/mol. The number of amides is 2. The zero-order chi connectivity index (χ0) is 22.4. The van der Waals surface area contributed by atoms with E-state index in [2.05, 4.69) is 4.98 Å². The van der Waals surface area contributed by atoms with Gasteiger partial charge in [0.2, 0.25) is 0 Å². The Kier molecular flexibility index (Phi) is 5.07. The molecule has 0 aliphatic carbocycles. The van der Waals surface area contributed by atoms with Gasteiger partial charge in [-0.15, -0.1) is 0 Å². The van der Waals surface area contributed by atoms with Crippen LogP contribution in [0.2, 0.25) is 5.02 Å². The number of benzene rings is 3. The van der Waals surface area contributed by atoms with Crippen molar-refractivity contribution >= 4 is 45.2 Å². The molecule has 0 bridgehead atoms. The Morgan fingerprint density at radius 2 is 1.78 bits per heavy atom. The number of carbonyl (C=O) groups is 2. The highest BCUT2D eigenvalue weighted by molar-refractivity contribution is 6.31. The van der Waals surface area contributed by atoms with Crippen LogP contribution < -0.4 is 5.73 Å². The normalized spacial score (nSPS) is 14.2. The van der Waals surface area contributed by atoms with Crippen LogP contribution in [0.15, 0.2) is 48.5 Å². The summed E-state index contributed by atoms with van der Waals surface area (Å²) in [6.45, 7) is 2.16. The number of halogens is 2. The van der Waals surface area contributed by atoms with Gasteiger partial charge in [0.25, 0.3) is 11.8 Å². The molecule has 8 heteroatoms. The number of nitrogens with zero attached hydrogens (tertiary/aromatic N) is 1. The van der Waals surface area contributed by atoms with Gasteiger partial charge in [0.15, 0.2) is 0 Å². The van der Waals surface area contributed by atoms with E-state index in [1.807, 2.05) is 12.1 Å². The highest BCUT2D eigenvalue weighted by Crippen LogP contribution is 2.34. The zero-order valence-corrected chi connectivity index (χ0v) is 17.7. The lowest BCUT2D eigenvalue weighted by atomic mass is 9.98. The van der Waals surface area contributed by atoms with Crippen LogP contribution in [0.5, 0.6) is 0 Å². The highest BCUT2D eigenvalue weighted by Gasteiger charge is 2.20. The molecule has 1 saturated heterocycles. The van der Waals surface area contributed by atoms with Crippen molar-refractivity contribution in [1.82, 2.24) is 9.88 Å². The van der Waals surface area contributed by atoms with Crippen molar-refractivity contribution in [2.45, 2.75) is 0 Å². The van der Waals surface area contributed by atoms with Gasteiger partial charge in [0.05, 0.1) is 29.3 Å². The number of fused-ring (bicyclic) bond motifs is 3. The van der Waals surface area contributed by atoms with Gasteiger partial charge in [0.1, 0.15) is 5.82 Å². The van der Waals surface area contributed by atoms with Crippen molar-refractivity contribution in [3.8, 4) is 11.1 Å². The topological polar surface area (TPSA) is 88.4 Å². The van der Waals surface area contributed by atoms with E-state index in [1.165, 1.54) is 12.1 Å². The Labute approximate surface area is 187 Å². The molecule has 2 amide bonds. The van der Waals surface area contributed by atoms with Gasteiger partial charge >= 0.3 is 0 Å². The third kappa shape index (κ3) is 3.49. The minimum absolute atomic E-state index is 0.00610. The number of morpholine rings is 1. The van der Waals surface area contributed by atoms with Crippen LogP contribution >= 0.6 is 11.6 Å². The molecule has 1 aromatic heterocycles. The Morgan fingerprint density at radius 3 is 2.50 bits per heavy atom. The van der Waals surface area contributed by atoms with E-state index in [-0.39, 0.29) is 10.9 Å². The number of primary amides is 1. The first-order chi connectivity index (χ1) is 15.4. The molecule has 6 nitrogen and oxygen atoms in total. The summed E-state index contributed by atoms with van der Waals surface area (Å²) in [6.07, 6.45) is 0. The van der Waals surface area contributed by atoms with Crippen molar-refractivity contribution in [3.63, 3.8) is 0 Å². The van der Waals surface area contributed by atoms with E-state index < -0.39 is 11.7 Å². The first kappa shape index (κ1) is 20.5. The van der Waals surface area contributed by atoms with Gasteiger partial charge < -0.3 is 20.4 Å². The number of hydrogen-bond acceptors (Lipinski definition) is 3. The van der Waals surface area contributed by atoms with Crippen LogP contribution in [0.3, 0.4) is 0 Å². The van der Waals surface area contributed by atoms with Crippen LogP contribution in [0.4, 0.5) is 4.39 Å². The largest absolute Gasteiger partial charge is 0.378 e. The average Bonchev–Trinajstić information content (AvgIpc) is 3.18. The van der Waals surface area contributed by atoms with Crippen LogP contribution in [0, 0.1) is 5.82 Å². The molecule has 3 aromatic carbocycles. The van der Waals surface area contributed by atoms with Gasteiger partial charge in [0, 0.05) is 34.9 Å². The number of hydrogen-bond donors (Lipinski definition) is 2. The highest BCUT2D eigenvalue weighted by atomic mass is 35.5. The van der Waals surface area contributed by atoms with Gasteiger partial charge in [-0.25, -0.2) is 4.39 Å². The maximum absolute atomic E-state index is 13.6. The number of ether oxygens (including phenoxy) is 1. The molecule has 0 spiro atoms. The fourth-order valence-electron chi connectivity index (χ4n) is 4.13. The quantitative estimate of drug-likeness (QED) is 0.485. The maximum atomic E-state index is 13.6. The molecular weight excluding hydrogens is 433 g/mol. The standard InChI is InChI=1S/C24H19ClFN3O3/c25-19-11-13(2-4-20(19)26)15-9-17-16-3-1-14(24(31)29-5-7-32-8-6-29)12-21(16)28-22(17)18(10-15)23(27)30/h1-4,9-12,28H,5-8H2,(H2,27,30). The first-order valence-corrected chi connectivity index (χ1v) is 10.5. The molecule has 0 saturated carbocycles. The Hall–Kier alpha value is -3.42. The molecule has 4 aromatic rings. The number of nitrogens with one attached hydrogen (secondary N) is 1. The molecular formula is C24H19ClFN3O3. The monoisotopic (exact) mass is 451 g/mol. The summed E-state index contributed by atoms with van der Waals surface area (Å²) in [5.41, 5.74) is 9.16. The Balaban J connectivity index is 1.65. The Morgan fingerprint density at radius 1 is 1.00 bits per heavy atom. The van der Waals surface area contributed by atoms with Crippen LogP contribution in [0.25, 0.3) is 32.9 Å². The van der Waals surface area contributed by atoms with Crippen molar-refractivity contribution in [3.05, 3.63) is 70.5 Å². The summed E-state index contributed by atoms with van der Waals surface area (Å²) in [4.78, 5) is 30.1. The molecule has 1 aliphatic heterocycles. The lowest BCUT2D eigenvalue weighted by Gasteiger charge is -2.26. The summed E-state index contributed by atoms with van der Waals surface area (Å²) < 4.78 is 18.9. The molecule has 32 heavy (non-hydrogen) atoms. The van der Waals surface area contributed by atoms with Gasteiger partial charge in [-0.2, -0.15) is 0 Å². The SMILES string of the molecule is NC(=O)c1cc(-c2ccc(F)c(Cl)c2)cc2c1[nH]c1cc(C(=O)N3CCOCC3)ccc12. The number of nitrogens with two attached hydrogens (primary N) is 1. The van der Waals surface area contributed by atoms with Crippen LogP contribution in [-0.4, -0.2) is 48.0 Å². The minimum Gasteiger partial charge on any atom is -0.378 e. The lowest BCUT2D eigenvalue weighted by molar-refractivity contribution is 0.0303. The zero-order valence-electron chi connectivity index (χ0n) is 17.0. The number of H-pyrrole nitrogens is 1. The second-order valence-corrected chi connectivity index (χ2v) is 8.14. The Bertz CT molecular complexity index is 1390. The summed E-state index contributed by atoms with van der Waals surface area (Å²) in [6, 6.07) is 13.4. The van der Waals surface area contributed by atoms with Crippen molar-refractivity contribution in [2.24, 2.45) is 5.73 Å². The molecule has 5 rings (SSSR count). The van der Waals surface area contributed by atoms with Gasteiger partial charge in [-0.05, 0) is 47.5 Å². The van der Waals surface area contributed by atoms with Crippen molar-refractivity contribution < 1.29 is 18.7 Å². The second-order valence-electron chi connectivity index (χ2n) is 7.73. The summed E-state index contributed by atoms with van der Waals surface area (Å²) in [7, 11) is 0. The van der Waals surface area contributed by atoms with Crippen LogP contribution in [0.1, 0.15) is 20.7 Å². The number of aromatic amines is 1. The molecule has 1 fully saturated rings. The first-order valence-electron chi connectivity index (χ1n) is 10.1. The van der Waals surface area contributed by atoms with Gasteiger partial charge in [-0.1, -0.05) is 23.7 Å². The number of rotatable bonds is 3. The molecule has 1 aliphatic rings. The maximum Gasteiger partial charge on any atom is 0.254 e. The predicted molar refractivity (Wildman–Crippen MR) is 121 cm³/mol. The number of carbonyl (C=O) groups excluding carboxylic acids is 2. The summed E-state index contributed by atoms with van der Waals surface area (Å²) in [5, 5.41) is 1.61. The van der Waals surface area contributed by atoms with E-state index in [1.54, 1.807) is 29.2 Å².